The summed E-state index contributed by atoms with van der Waals surface area (Å²) in [7, 11) is 6.25. The molecule has 6 nitrogen and oxygen atoms in total. The van der Waals surface area contributed by atoms with Crippen LogP contribution in [0, 0.1) is 5.92 Å². The molecule has 0 saturated carbocycles. The number of hydrogen-bond acceptors (Lipinski definition) is 5. The number of nitrogens with one attached hydrogen (secondary N) is 1. The molecule has 6 rings (SSSR count). The van der Waals surface area contributed by atoms with Crippen molar-refractivity contribution >= 4 is 5.69 Å². The smallest absolute Gasteiger partial charge is 0.117 e. The Hall–Kier alpha value is -2.57. The Morgan fingerprint density at radius 1 is 1.19 bits per heavy atom. The number of anilines is 1. The van der Waals surface area contributed by atoms with E-state index < -0.39 is 0 Å². The normalized spacial score (nSPS) is 25.1. The third-order valence-corrected chi connectivity index (χ3v) is 7.11. The molecule has 3 aliphatic heterocycles. The fraction of sp³-hybridized carbons (Fsp3) is 0.480. The summed E-state index contributed by atoms with van der Waals surface area (Å²) in [5.41, 5.74) is 4.86. The van der Waals surface area contributed by atoms with E-state index in [9.17, 15) is 0 Å². The van der Waals surface area contributed by atoms with Crippen LogP contribution in [0.3, 0.4) is 0 Å². The largest absolute Gasteiger partial charge is 0.468 e. The van der Waals surface area contributed by atoms with Crippen LogP contribution >= 0.6 is 0 Å². The minimum absolute atomic E-state index is 0.572. The van der Waals surface area contributed by atoms with Gasteiger partial charge in [0.05, 0.1) is 18.5 Å². The quantitative estimate of drug-likeness (QED) is 0.633. The lowest BCUT2D eigenvalue weighted by Gasteiger charge is -2.50. The molecule has 31 heavy (non-hydrogen) atoms. The number of benzene rings is 1. The second-order valence-corrected chi connectivity index (χ2v) is 9.27. The third kappa shape index (κ3) is 4.14. The van der Waals surface area contributed by atoms with E-state index in [1.807, 2.05) is 12.1 Å². The van der Waals surface area contributed by atoms with Crippen LogP contribution in [0.2, 0.25) is 0 Å². The topological polar surface area (TPSA) is 49.5 Å². The molecule has 3 aliphatic rings. The highest BCUT2D eigenvalue weighted by atomic mass is 16.3. The van der Waals surface area contributed by atoms with E-state index in [1.54, 1.807) is 6.26 Å². The van der Waals surface area contributed by atoms with Gasteiger partial charge in [0.25, 0.3) is 0 Å². The maximum absolute atomic E-state index is 5.44. The van der Waals surface area contributed by atoms with Crippen molar-refractivity contribution in [2.24, 2.45) is 13.0 Å². The standard InChI is InChI=1S/C25H33N5O/c1-28(2)20-8-6-18(7-9-20)24-14-25(29(3)27-24)23-17-30-11-10-19(23)13-21(30)15-26-16-22-5-4-12-31-22/h4-9,12,14,19,21,23,26H,10-11,13,15-17H2,1-3H3/t19-,21+,23+/m0/s1. The van der Waals surface area contributed by atoms with Gasteiger partial charge in [0.2, 0.25) is 0 Å². The molecule has 0 radical (unpaired) electrons. The Balaban J connectivity index is 1.25. The number of hydrogen-bond donors (Lipinski definition) is 1. The predicted molar refractivity (Wildman–Crippen MR) is 124 cm³/mol. The van der Waals surface area contributed by atoms with Crippen molar-refractivity contribution in [2.45, 2.75) is 31.3 Å². The van der Waals surface area contributed by atoms with Gasteiger partial charge in [0.1, 0.15) is 5.76 Å². The Bertz CT molecular complexity index is 992. The van der Waals surface area contributed by atoms with Gasteiger partial charge in [-0.2, -0.15) is 5.10 Å². The number of rotatable bonds is 7. The van der Waals surface area contributed by atoms with Gasteiger partial charge in [-0.1, -0.05) is 12.1 Å². The molecule has 164 valence electrons. The highest BCUT2D eigenvalue weighted by molar-refractivity contribution is 5.63. The molecule has 0 aliphatic carbocycles. The Morgan fingerprint density at radius 2 is 2.03 bits per heavy atom. The van der Waals surface area contributed by atoms with E-state index in [0.717, 1.165) is 37.0 Å². The monoisotopic (exact) mass is 419 g/mol. The summed E-state index contributed by atoms with van der Waals surface area (Å²) in [5, 5.41) is 8.46. The fourth-order valence-electron chi connectivity index (χ4n) is 5.36. The van der Waals surface area contributed by atoms with Crippen LogP contribution in [-0.2, 0) is 13.6 Å². The molecule has 0 amide bonds. The van der Waals surface area contributed by atoms with Gasteiger partial charge in [-0.3, -0.25) is 9.58 Å². The van der Waals surface area contributed by atoms with Crippen LogP contribution in [0.5, 0.6) is 0 Å². The zero-order valence-electron chi connectivity index (χ0n) is 18.8. The van der Waals surface area contributed by atoms with Crippen molar-refractivity contribution < 1.29 is 4.42 Å². The number of piperidine rings is 3. The van der Waals surface area contributed by atoms with E-state index >= 15 is 0 Å². The minimum Gasteiger partial charge on any atom is -0.468 e. The molecule has 3 saturated heterocycles. The first-order valence-electron chi connectivity index (χ1n) is 11.4. The molecule has 6 heteroatoms. The predicted octanol–water partition coefficient (Wildman–Crippen LogP) is 3.71. The lowest BCUT2D eigenvalue weighted by Crippen LogP contribution is -2.55. The molecule has 4 atom stereocenters. The SMILES string of the molecule is CN(C)c1ccc(-c2cc([C@@H]3CN4CC[C@H]3C[C@@H]4CNCc3ccco3)n(C)n2)cc1. The van der Waals surface area contributed by atoms with Crippen LogP contribution in [0.25, 0.3) is 11.3 Å². The fourth-order valence-corrected chi connectivity index (χ4v) is 5.36. The van der Waals surface area contributed by atoms with E-state index in [1.165, 1.54) is 36.3 Å². The van der Waals surface area contributed by atoms with Crippen molar-refractivity contribution in [3.63, 3.8) is 0 Å². The van der Waals surface area contributed by atoms with Crippen LogP contribution in [0.1, 0.15) is 30.2 Å². The maximum Gasteiger partial charge on any atom is 0.117 e. The molecule has 1 N–H and O–H groups in total. The zero-order valence-corrected chi connectivity index (χ0v) is 18.8. The average molecular weight is 420 g/mol. The molecule has 3 aromatic rings. The molecule has 2 aromatic heterocycles. The van der Waals surface area contributed by atoms with E-state index in [0.29, 0.717) is 12.0 Å². The molecular formula is C25H33N5O. The highest BCUT2D eigenvalue weighted by Crippen LogP contribution is 2.42. The van der Waals surface area contributed by atoms with Gasteiger partial charge in [0, 0.05) is 63.1 Å². The summed E-state index contributed by atoms with van der Waals surface area (Å²) in [6.07, 6.45) is 4.29. The van der Waals surface area contributed by atoms with Crippen molar-refractivity contribution in [1.82, 2.24) is 20.0 Å². The first-order valence-corrected chi connectivity index (χ1v) is 11.4. The molecule has 5 heterocycles. The number of furan rings is 1. The first kappa shape index (κ1) is 20.3. The van der Waals surface area contributed by atoms with Crippen LogP contribution < -0.4 is 10.2 Å². The van der Waals surface area contributed by atoms with Gasteiger partial charge in [-0.25, -0.2) is 0 Å². The second kappa shape index (κ2) is 8.52. The summed E-state index contributed by atoms with van der Waals surface area (Å²) in [6, 6.07) is 15.6. The molecule has 2 bridgehead atoms. The second-order valence-electron chi connectivity index (χ2n) is 9.27. The van der Waals surface area contributed by atoms with E-state index in [-0.39, 0.29) is 0 Å². The number of fused-ring (bicyclic) bond motifs is 3. The zero-order chi connectivity index (χ0) is 21.4. The van der Waals surface area contributed by atoms with Gasteiger partial charge >= 0.3 is 0 Å². The Morgan fingerprint density at radius 3 is 2.71 bits per heavy atom. The van der Waals surface area contributed by atoms with Crippen molar-refractivity contribution in [3.8, 4) is 11.3 Å². The molecule has 0 spiro atoms. The van der Waals surface area contributed by atoms with Gasteiger partial charge < -0.3 is 14.6 Å². The number of aryl methyl sites for hydroxylation is 1. The summed E-state index contributed by atoms with van der Waals surface area (Å²) in [5.74, 6) is 2.32. The summed E-state index contributed by atoms with van der Waals surface area (Å²) >= 11 is 0. The van der Waals surface area contributed by atoms with E-state index in [4.69, 9.17) is 9.52 Å². The average Bonchev–Trinajstić information content (AvgIpc) is 3.44. The Kier molecular flexibility index (Phi) is 5.59. The highest BCUT2D eigenvalue weighted by Gasteiger charge is 2.41. The van der Waals surface area contributed by atoms with Gasteiger partial charge in [-0.15, -0.1) is 0 Å². The number of aromatic nitrogens is 2. The number of nitrogens with zero attached hydrogens (tertiary/aromatic N) is 4. The lowest BCUT2D eigenvalue weighted by molar-refractivity contribution is 0.0280. The van der Waals surface area contributed by atoms with Gasteiger partial charge in [0.15, 0.2) is 0 Å². The molecule has 1 unspecified atom stereocenters. The summed E-state index contributed by atoms with van der Waals surface area (Å²) < 4.78 is 7.56. The lowest BCUT2D eigenvalue weighted by atomic mass is 9.74. The van der Waals surface area contributed by atoms with Crippen molar-refractivity contribution in [1.29, 1.82) is 0 Å². The van der Waals surface area contributed by atoms with Crippen molar-refractivity contribution in [2.75, 3.05) is 38.6 Å². The van der Waals surface area contributed by atoms with E-state index in [2.05, 4.69) is 71.3 Å². The third-order valence-electron chi connectivity index (χ3n) is 7.11. The minimum atomic E-state index is 0.572. The molecule has 3 fully saturated rings. The maximum atomic E-state index is 5.44. The molecular weight excluding hydrogens is 386 g/mol. The van der Waals surface area contributed by atoms with Crippen molar-refractivity contribution in [3.05, 3.63) is 60.2 Å². The molecule has 1 aromatic carbocycles. The van der Waals surface area contributed by atoms with Gasteiger partial charge in [-0.05, 0) is 55.6 Å². The van der Waals surface area contributed by atoms with Crippen LogP contribution in [-0.4, -0.2) is 54.5 Å². The Labute approximate surface area is 184 Å². The first-order chi connectivity index (χ1) is 15.1. The summed E-state index contributed by atoms with van der Waals surface area (Å²) in [4.78, 5) is 4.80. The summed E-state index contributed by atoms with van der Waals surface area (Å²) in [6.45, 7) is 4.18. The van der Waals surface area contributed by atoms with Crippen LogP contribution in [0.4, 0.5) is 5.69 Å². The van der Waals surface area contributed by atoms with Crippen LogP contribution in [0.15, 0.2) is 53.1 Å².